The smallest absolute Gasteiger partial charge is 0.343 e. The Labute approximate surface area is 104 Å². The second kappa shape index (κ2) is 4.34. The molecule has 84 valence electrons. The third-order valence-electron chi connectivity index (χ3n) is 1.95. The lowest BCUT2D eigenvalue weighted by atomic mass is 10.2. The van der Waals surface area contributed by atoms with Crippen LogP contribution in [0.15, 0.2) is 14.6 Å². The number of rotatable bonds is 2. The van der Waals surface area contributed by atoms with Crippen molar-refractivity contribution in [3.63, 3.8) is 0 Å². The lowest BCUT2D eigenvalue weighted by Gasteiger charge is -1.97. The van der Waals surface area contributed by atoms with Gasteiger partial charge in [0.25, 0.3) is 0 Å². The molecule has 0 saturated carbocycles. The summed E-state index contributed by atoms with van der Waals surface area (Å²) in [6, 6.07) is 0. The molecule has 2 heterocycles. The summed E-state index contributed by atoms with van der Waals surface area (Å²) in [6.45, 7) is 1.69. The molecule has 0 fully saturated rings. The minimum Gasteiger partial charge on any atom is -0.465 e. The number of carbonyl (C=O) groups is 1. The first-order chi connectivity index (χ1) is 7.63. The van der Waals surface area contributed by atoms with Gasteiger partial charge in [-0.2, -0.15) is 0 Å². The number of thiazole rings is 1. The minimum atomic E-state index is -0.460. The van der Waals surface area contributed by atoms with Crippen LogP contribution in [0.1, 0.15) is 16.1 Å². The van der Waals surface area contributed by atoms with Crippen LogP contribution in [-0.2, 0) is 4.74 Å². The van der Waals surface area contributed by atoms with Gasteiger partial charge in [-0.15, -0.1) is 11.3 Å². The summed E-state index contributed by atoms with van der Waals surface area (Å²) in [5.41, 5.74) is 0.852. The Kier molecular flexibility index (Phi) is 3.06. The maximum Gasteiger partial charge on any atom is 0.343 e. The van der Waals surface area contributed by atoms with E-state index in [1.54, 1.807) is 13.1 Å². The van der Waals surface area contributed by atoms with Crippen LogP contribution in [0, 0.1) is 6.92 Å². The highest BCUT2D eigenvalue weighted by molar-refractivity contribution is 9.11. The molecule has 2 rings (SSSR count). The highest BCUT2D eigenvalue weighted by atomic mass is 79.9. The highest BCUT2D eigenvalue weighted by Crippen LogP contribution is 2.32. The third kappa shape index (κ3) is 1.88. The molecule has 5 nitrogen and oxygen atoms in total. The molecule has 0 radical (unpaired) electrons. The van der Waals surface area contributed by atoms with Crippen molar-refractivity contribution in [3.8, 4) is 10.6 Å². The van der Waals surface area contributed by atoms with E-state index in [0.29, 0.717) is 20.9 Å². The molecule has 16 heavy (non-hydrogen) atoms. The Morgan fingerprint density at radius 2 is 2.38 bits per heavy atom. The molecule has 0 amide bonds. The van der Waals surface area contributed by atoms with E-state index in [9.17, 15) is 4.79 Å². The summed E-state index contributed by atoms with van der Waals surface area (Å²) in [5.74, 6) is -0.0641. The maximum absolute atomic E-state index is 11.5. The number of methoxy groups -OCH3 is 1. The van der Waals surface area contributed by atoms with E-state index < -0.39 is 5.97 Å². The average molecular weight is 303 g/mol. The van der Waals surface area contributed by atoms with Crippen molar-refractivity contribution in [3.05, 3.63) is 21.4 Å². The number of halogens is 1. The van der Waals surface area contributed by atoms with E-state index >= 15 is 0 Å². The standard InChI is InChI=1S/C9H7BrN2O3S/c1-4-6(8(13)14-2)7(15-12-4)5-3-11-9(10)16-5/h3H,1-2H3. The van der Waals surface area contributed by atoms with Crippen LogP contribution in [0.4, 0.5) is 0 Å². The summed E-state index contributed by atoms with van der Waals surface area (Å²) in [6.07, 6.45) is 1.61. The summed E-state index contributed by atoms with van der Waals surface area (Å²) in [7, 11) is 1.32. The lowest BCUT2D eigenvalue weighted by molar-refractivity contribution is 0.0600. The van der Waals surface area contributed by atoms with Gasteiger partial charge in [0.05, 0.1) is 23.9 Å². The minimum absolute atomic E-state index is 0.346. The van der Waals surface area contributed by atoms with Gasteiger partial charge in [-0.05, 0) is 22.9 Å². The maximum atomic E-state index is 11.5. The van der Waals surface area contributed by atoms with Crippen molar-refractivity contribution in [2.75, 3.05) is 7.11 Å². The van der Waals surface area contributed by atoms with E-state index in [-0.39, 0.29) is 0 Å². The monoisotopic (exact) mass is 302 g/mol. The number of aromatic nitrogens is 2. The molecule has 0 N–H and O–H groups in total. The quantitative estimate of drug-likeness (QED) is 0.798. The molecule has 0 aliphatic heterocycles. The Bertz CT molecular complexity index is 535. The zero-order chi connectivity index (χ0) is 11.7. The zero-order valence-corrected chi connectivity index (χ0v) is 10.9. The molecule has 7 heteroatoms. The molecule has 0 spiro atoms. The van der Waals surface area contributed by atoms with Crippen molar-refractivity contribution in [2.45, 2.75) is 6.92 Å². The first-order valence-electron chi connectivity index (χ1n) is 4.29. The van der Waals surface area contributed by atoms with Gasteiger partial charge in [0.1, 0.15) is 5.56 Å². The van der Waals surface area contributed by atoms with E-state index in [1.807, 2.05) is 0 Å². The Morgan fingerprint density at radius 1 is 1.62 bits per heavy atom. The number of ether oxygens (including phenoxy) is 1. The number of esters is 1. The molecule has 2 aromatic heterocycles. The van der Waals surface area contributed by atoms with Gasteiger partial charge in [0, 0.05) is 0 Å². The molecular formula is C9H7BrN2O3S. The van der Waals surface area contributed by atoms with E-state index in [2.05, 4.69) is 30.8 Å². The van der Waals surface area contributed by atoms with Gasteiger partial charge in [-0.25, -0.2) is 9.78 Å². The largest absolute Gasteiger partial charge is 0.465 e. The van der Waals surface area contributed by atoms with E-state index in [1.165, 1.54) is 18.4 Å². The van der Waals surface area contributed by atoms with Crippen molar-refractivity contribution in [1.82, 2.24) is 10.1 Å². The van der Waals surface area contributed by atoms with Crippen molar-refractivity contribution in [1.29, 1.82) is 0 Å². The molecule has 0 atom stereocenters. The van der Waals surface area contributed by atoms with E-state index in [0.717, 1.165) is 4.88 Å². The molecule has 0 saturated heterocycles. The van der Waals surface area contributed by atoms with Crippen LogP contribution in [0.2, 0.25) is 0 Å². The highest BCUT2D eigenvalue weighted by Gasteiger charge is 2.23. The average Bonchev–Trinajstić information content (AvgIpc) is 2.83. The molecular weight excluding hydrogens is 296 g/mol. The number of hydrogen-bond acceptors (Lipinski definition) is 6. The van der Waals surface area contributed by atoms with Gasteiger partial charge >= 0.3 is 5.97 Å². The molecule has 0 aliphatic carbocycles. The second-order valence-electron chi connectivity index (χ2n) is 2.94. The van der Waals surface area contributed by atoms with Crippen molar-refractivity contribution >= 4 is 33.2 Å². The molecule has 0 aromatic carbocycles. The number of aryl methyl sites for hydroxylation is 1. The van der Waals surface area contributed by atoms with E-state index in [4.69, 9.17) is 4.52 Å². The van der Waals surface area contributed by atoms with Gasteiger partial charge in [0.15, 0.2) is 9.68 Å². The van der Waals surface area contributed by atoms with Gasteiger partial charge in [-0.3, -0.25) is 0 Å². The Hall–Kier alpha value is -1.21. The fourth-order valence-electron chi connectivity index (χ4n) is 1.24. The van der Waals surface area contributed by atoms with Crippen LogP contribution in [0.25, 0.3) is 10.6 Å². The first kappa shape index (κ1) is 11.3. The van der Waals surface area contributed by atoms with Crippen LogP contribution >= 0.6 is 27.3 Å². The molecule has 0 bridgehead atoms. The number of carbonyl (C=O) groups excluding carboxylic acids is 1. The normalized spacial score (nSPS) is 10.4. The summed E-state index contributed by atoms with van der Waals surface area (Å²) in [5, 5.41) is 3.76. The Balaban J connectivity index is 2.53. The second-order valence-corrected chi connectivity index (χ2v) is 5.25. The number of hydrogen-bond donors (Lipinski definition) is 0. The van der Waals surface area contributed by atoms with Crippen LogP contribution < -0.4 is 0 Å². The Morgan fingerprint density at radius 3 is 2.94 bits per heavy atom. The summed E-state index contributed by atoms with van der Waals surface area (Å²) in [4.78, 5) is 16.3. The molecule has 0 aliphatic rings. The lowest BCUT2D eigenvalue weighted by Crippen LogP contribution is -2.03. The molecule has 0 unspecified atom stereocenters. The predicted molar refractivity (Wildman–Crippen MR) is 61.4 cm³/mol. The van der Waals surface area contributed by atoms with Gasteiger partial charge in [0.2, 0.25) is 0 Å². The fraction of sp³-hybridized carbons (Fsp3) is 0.222. The topological polar surface area (TPSA) is 65.2 Å². The third-order valence-corrected chi connectivity index (χ3v) is 3.43. The summed E-state index contributed by atoms with van der Waals surface area (Å²) < 4.78 is 10.5. The van der Waals surface area contributed by atoms with Crippen molar-refractivity contribution < 1.29 is 14.1 Å². The van der Waals surface area contributed by atoms with Crippen LogP contribution in [-0.4, -0.2) is 23.2 Å². The predicted octanol–water partition coefficient (Wildman–Crippen LogP) is 2.66. The van der Waals surface area contributed by atoms with Crippen molar-refractivity contribution in [2.24, 2.45) is 0 Å². The first-order valence-corrected chi connectivity index (χ1v) is 5.90. The van der Waals surface area contributed by atoms with Gasteiger partial charge in [-0.1, -0.05) is 5.16 Å². The van der Waals surface area contributed by atoms with Crippen LogP contribution in [0.5, 0.6) is 0 Å². The SMILES string of the molecule is COC(=O)c1c(C)noc1-c1cnc(Br)s1. The fourth-order valence-corrected chi connectivity index (χ4v) is 2.49. The van der Waals surface area contributed by atoms with Crippen LogP contribution in [0.3, 0.4) is 0 Å². The van der Waals surface area contributed by atoms with Gasteiger partial charge < -0.3 is 9.26 Å². The number of nitrogens with zero attached hydrogens (tertiary/aromatic N) is 2. The zero-order valence-electron chi connectivity index (χ0n) is 8.48. The molecule has 2 aromatic rings. The summed E-state index contributed by atoms with van der Waals surface area (Å²) >= 11 is 4.60.